The average Bonchev–Trinajstić information content (AvgIpc) is 2.69. The van der Waals surface area contributed by atoms with Crippen molar-refractivity contribution in [2.75, 3.05) is 0 Å². The van der Waals surface area contributed by atoms with Gasteiger partial charge in [0.2, 0.25) is 0 Å². The largest absolute Gasteiger partial charge is 0.152 e. The second kappa shape index (κ2) is 3.88. The lowest BCUT2D eigenvalue weighted by molar-refractivity contribution is 1.63. The third kappa shape index (κ3) is 1.82. The Kier molecular flexibility index (Phi) is 2.58. The van der Waals surface area contributed by atoms with E-state index < -0.39 is 0 Å². The van der Waals surface area contributed by atoms with Crippen molar-refractivity contribution in [3.63, 3.8) is 0 Å². The van der Waals surface area contributed by atoms with Gasteiger partial charge in [0.1, 0.15) is 0 Å². The van der Waals surface area contributed by atoms with Gasteiger partial charge in [-0.25, -0.2) is 0 Å². The van der Waals surface area contributed by atoms with E-state index in [1.165, 1.54) is 0 Å². The van der Waals surface area contributed by atoms with Crippen molar-refractivity contribution in [2.45, 2.75) is 0 Å². The van der Waals surface area contributed by atoms with E-state index in [0.29, 0.717) is 5.02 Å². The molecule has 68 valence electrons. The Labute approximate surface area is 92.2 Å². The van der Waals surface area contributed by atoms with Gasteiger partial charge in [-0.05, 0) is 46.2 Å². The zero-order valence-corrected chi connectivity index (χ0v) is 8.90. The van der Waals surface area contributed by atoms with Gasteiger partial charge < -0.3 is 0 Å². The molecule has 0 bridgehead atoms. The monoisotopic (exact) mass is 218 g/mol. The Bertz CT molecular complexity index is 478. The van der Waals surface area contributed by atoms with Crippen LogP contribution in [0.3, 0.4) is 0 Å². The minimum absolute atomic E-state index is 0.682. The number of rotatable bonds is 1. The van der Waals surface area contributed by atoms with E-state index in [1.54, 1.807) is 17.4 Å². The van der Waals surface area contributed by atoms with Crippen molar-refractivity contribution in [1.82, 2.24) is 0 Å². The molecule has 0 aliphatic rings. The molecule has 0 aliphatic carbocycles. The number of hydrogen-bond donors (Lipinski definition) is 0. The molecule has 2 heteroatoms. The van der Waals surface area contributed by atoms with Crippen LogP contribution in [0.1, 0.15) is 5.56 Å². The summed E-state index contributed by atoms with van der Waals surface area (Å²) in [6, 6.07) is 7.73. The van der Waals surface area contributed by atoms with E-state index >= 15 is 0 Å². The Morgan fingerprint density at radius 3 is 2.71 bits per heavy atom. The molecule has 2 rings (SSSR count). The minimum Gasteiger partial charge on any atom is -0.152 e. The molecular formula is C12H7ClS. The fraction of sp³-hybridized carbons (Fsp3) is 0. The summed E-state index contributed by atoms with van der Waals surface area (Å²) in [5.41, 5.74) is 3.06. The van der Waals surface area contributed by atoms with Crippen molar-refractivity contribution < 1.29 is 0 Å². The van der Waals surface area contributed by atoms with Crippen LogP contribution >= 0.6 is 22.9 Å². The number of benzene rings is 1. The van der Waals surface area contributed by atoms with Crippen molar-refractivity contribution in [2.24, 2.45) is 0 Å². The van der Waals surface area contributed by atoms with Crippen LogP contribution in [-0.4, -0.2) is 0 Å². The van der Waals surface area contributed by atoms with Gasteiger partial charge in [0.25, 0.3) is 0 Å². The summed E-state index contributed by atoms with van der Waals surface area (Å²) in [7, 11) is 0. The highest BCUT2D eigenvalue weighted by Gasteiger charge is 2.01. The van der Waals surface area contributed by atoms with Crippen LogP contribution in [0.5, 0.6) is 0 Å². The maximum atomic E-state index is 5.95. The summed E-state index contributed by atoms with van der Waals surface area (Å²) in [6.45, 7) is 0. The number of halogens is 1. The highest BCUT2D eigenvalue weighted by atomic mass is 35.5. The van der Waals surface area contributed by atoms with E-state index in [-0.39, 0.29) is 0 Å². The normalized spacial score (nSPS) is 9.71. The van der Waals surface area contributed by atoms with Gasteiger partial charge >= 0.3 is 0 Å². The topological polar surface area (TPSA) is 0 Å². The van der Waals surface area contributed by atoms with E-state index in [0.717, 1.165) is 16.7 Å². The molecule has 0 nitrogen and oxygen atoms in total. The summed E-state index contributed by atoms with van der Waals surface area (Å²) in [5, 5.41) is 4.79. The summed E-state index contributed by atoms with van der Waals surface area (Å²) >= 11 is 7.61. The summed E-state index contributed by atoms with van der Waals surface area (Å²) < 4.78 is 0. The first-order valence-electron chi connectivity index (χ1n) is 4.09. The Morgan fingerprint density at radius 1 is 1.21 bits per heavy atom. The van der Waals surface area contributed by atoms with Crippen molar-refractivity contribution in [1.29, 1.82) is 0 Å². The van der Waals surface area contributed by atoms with E-state index in [2.05, 4.69) is 17.4 Å². The molecule has 1 heterocycles. The molecular weight excluding hydrogens is 212 g/mol. The van der Waals surface area contributed by atoms with Gasteiger partial charge in [0.15, 0.2) is 0 Å². The summed E-state index contributed by atoms with van der Waals surface area (Å²) in [5.74, 6) is 2.59. The van der Waals surface area contributed by atoms with Crippen LogP contribution in [0.15, 0.2) is 35.0 Å². The number of thiophene rings is 1. The first-order valence-corrected chi connectivity index (χ1v) is 5.41. The van der Waals surface area contributed by atoms with E-state index in [1.807, 2.05) is 17.5 Å². The average molecular weight is 219 g/mol. The van der Waals surface area contributed by atoms with Gasteiger partial charge in [-0.15, -0.1) is 6.42 Å². The smallest absolute Gasteiger partial charge is 0.0424 e. The van der Waals surface area contributed by atoms with E-state index in [9.17, 15) is 0 Å². The highest BCUT2D eigenvalue weighted by molar-refractivity contribution is 7.08. The van der Waals surface area contributed by atoms with Crippen molar-refractivity contribution in [3.05, 3.63) is 45.6 Å². The summed E-state index contributed by atoms with van der Waals surface area (Å²) in [6.07, 6.45) is 5.33. The van der Waals surface area contributed by atoms with Crippen LogP contribution in [0.4, 0.5) is 0 Å². The van der Waals surface area contributed by atoms with E-state index in [4.69, 9.17) is 18.0 Å². The zero-order valence-electron chi connectivity index (χ0n) is 7.33. The van der Waals surface area contributed by atoms with Crippen LogP contribution in [-0.2, 0) is 0 Å². The molecule has 1 aromatic heterocycles. The molecule has 0 unspecified atom stereocenters. The Hall–Kier alpha value is -1.23. The zero-order chi connectivity index (χ0) is 9.97. The Morgan fingerprint density at radius 2 is 2.07 bits per heavy atom. The van der Waals surface area contributed by atoms with Crippen molar-refractivity contribution in [3.8, 4) is 23.5 Å². The molecule has 14 heavy (non-hydrogen) atoms. The van der Waals surface area contributed by atoms with Gasteiger partial charge in [-0.3, -0.25) is 0 Å². The lowest BCUT2D eigenvalue weighted by Gasteiger charge is -2.00. The molecule has 0 aliphatic heterocycles. The first-order chi connectivity index (χ1) is 6.79. The molecule has 0 atom stereocenters. The second-order valence-corrected chi connectivity index (χ2v) is 4.10. The fourth-order valence-electron chi connectivity index (χ4n) is 1.27. The highest BCUT2D eigenvalue weighted by Crippen LogP contribution is 2.26. The minimum atomic E-state index is 0.682. The van der Waals surface area contributed by atoms with Crippen LogP contribution in [0.2, 0.25) is 5.02 Å². The van der Waals surface area contributed by atoms with Crippen molar-refractivity contribution >= 4 is 22.9 Å². The fourth-order valence-corrected chi connectivity index (χ4v) is 2.17. The molecule has 0 radical (unpaired) electrons. The van der Waals surface area contributed by atoms with Gasteiger partial charge in [-0.2, -0.15) is 11.3 Å². The standard InChI is InChI=1S/C12H7ClS/c1-2-9-5-11(7-12(13)6-9)10-3-4-14-8-10/h1,3-8H. The van der Waals surface area contributed by atoms with Crippen LogP contribution in [0.25, 0.3) is 11.1 Å². The third-order valence-electron chi connectivity index (χ3n) is 1.92. The number of terminal acetylenes is 1. The lowest BCUT2D eigenvalue weighted by Crippen LogP contribution is -1.78. The number of hydrogen-bond acceptors (Lipinski definition) is 1. The second-order valence-electron chi connectivity index (χ2n) is 2.88. The summed E-state index contributed by atoms with van der Waals surface area (Å²) in [4.78, 5) is 0. The molecule has 0 N–H and O–H groups in total. The molecule has 0 spiro atoms. The predicted molar refractivity (Wildman–Crippen MR) is 62.7 cm³/mol. The lowest BCUT2D eigenvalue weighted by atomic mass is 10.1. The van der Waals surface area contributed by atoms with Gasteiger partial charge in [0, 0.05) is 10.6 Å². The molecule has 0 amide bonds. The first kappa shape index (κ1) is 9.33. The molecule has 1 aromatic carbocycles. The predicted octanol–water partition coefficient (Wildman–Crippen LogP) is 4.05. The van der Waals surface area contributed by atoms with Gasteiger partial charge in [0.05, 0.1) is 0 Å². The Balaban J connectivity index is 2.55. The molecule has 0 fully saturated rings. The SMILES string of the molecule is C#Cc1cc(Cl)cc(-c2ccsc2)c1. The van der Waals surface area contributed by atoms with Crippen LogP contribution < -0.4 is 0 Å². The van der Waals surface area contributed by atoms with Gasteiger partial charge in [-0.1, -0.05) is 17.5 Å². The maximum Gasteiger partial charge on any atom is 0.0424 e. The molecule has 0 saturated carbocycles. The van der Waals surface area contributed by atoms with Crippen LogP contribution in [0, 0.1) is 12.3 Å². The maximum absolute atomic E-state index is 5.95. The molecule has 2 aromatic rings. The quantitative estimate of drug-likeness (QED) is 0.634. The third-order valence-corrected chi connectivity index (χ3v) is 2.82. The molecule has 0 saturated heterocycles.